The number of methoxy groups -OCH3 is 1. The normalized spacial score (nSPS) is 19.3. The first-order valence-electron chi connectivity index (χ1n) is 12.2. The first-order valence-corrected chi connectivity index (χ1v) is 12.2. The molecule has 0 aromatic heterocycles. The molecule has 8 nitrogen and oxygen atoms in total. The van der Waals surface area contributed by atoms with Crippen molar-refractivity contribution in [2.45, 2.75) is 51.0 Å². The van der Waals surface area contributed by atoms with Crippen LogP contribution in [0.1, 0.15) is 50.5 Å². The molecule has 186 valence electrons. The molecule has 2 fully saturated rings. The lowest BCUT2D eigenvalue weighted by Gasteiger charge is -2.29. The molecule has 1 heterocycles. The smallest absolute Gasteiger partial charge is 0.280 e. The monoisotopic (exact) mass is 470 g/mol. The number of nitrogens with one attached hydrogen (secondary N) is 2. The minimum Gasteiger partial charge on any atom is -0.496 e. The number of carbonyl (C=O) groups excluding carboxylic acids is 1. The van der Waals surface area contributed by atoms with Gasteiger partial charge in [0.1, 0.15) is 23.2 Å². The van der Waals surface area contributed by atoms with E-state index in [0.717, 1.165) is 57.4 Å². The van der Waals surface area contributed by atoms with Gasteiger partial charge in [0, 0.05) is 36.1 Å². The molecule has 1 aliphatic heterocycles. The number of nitrogens with two attached hydrogens (primary N) is 2. The molecule has 1 aromatic carbocycles. The van der Waals surface area contributed by atoms with Crippen LogP contribution in [0, 0.1) is 5.92 Å². The number of carbonyl (C=O) groups is 1. The number of allylic oxidation sites excluding steroid dienone is 1. The van der Waals surface area contributed by atoms with Crippen molar-refractivity contribution < 1.29 is 19.3 Å². The van der Waals surface area contributed by atoms with Gasteiger partial charge in [-0.05, 0) is 50.8 Å². The summed E-state index contributed by atoms with van der Waals surface area (Å²) in [6, 6.07) is 5.58. The first-order chi connectivity index (χ1) is 16.3. The van der Waals surface area contributed by atoms with Crippen molar-refractivity contribution in [1.82, 2.24) is 10.2 Å². The summed E-state index contributed by atoms with van der Waals surface area (Å²) in [5.41, 5.74) is 14.5. The zero-order chi connectivity index (χ0) is 24.7. The Morgan fingerprint density at radius 1 is 1.15 bits per heavy atom. The van der Waals surface area contributed by atoms with Crippen LogP contribution in [0.5, 0.6) is 11.5 Å². The summed E-state index contributed by atoms with van der Waals surface area (Å²) >= 11 is 0. The number of benzene rings is 1. The highest BCUT2D eigenvalue weighted by atomic mass is 16.5. The number of ether oxygens (including phenoxy) is 2. The Hall–Kier alpha value is -3.00. The highest BCUT2D eigenvalue weighted by Crippen LogP contribution is 2.31. The molecule has 3 rings (SSSR count). The van der Waals surface area contributed by atoms with E-state index in [-0.39, 0.29) is 29.3 Å². The fourth-order valence-corrected chi connectivity index (χ4v) is 4.71. The second-order valence-corrected chi connectivity index (χ2v) is 9.24. The van der Waals surface area contributed by atoms with Gasteiger partial charge in [0.2, 0.25) is 0 Å². The number of rotatable bonds is 8. The number of amidine groups is 1. The Balaban J connectivity index is 1.75. The standard InChI is InChI=1S/C26H39N5O3/c1-17(30-26(32)23(25(28)29-2)24(27)18-8-6-5-7-9-18)21-11-10-20(16-22(21)33-4)34-19-12-14-31(3)15-13-19/h10-11,16,18-19H,1,5-9,12-15,27H2,2-4H3,(H2,28,29)(H,30,32)/p+1. The average Bonchev–Trinajstić information content (AvgIpc) is 2.85. The van der Waals surface area contributed by atoms with Crippen LogP contribution in [0.3, 0.4) is 0 Å². The van der Waals surface area contributed by atoms with E-state index in [1.807, 2.05) is 18.2 Å². The third-order valence-corrected chi connectivity index (χ3v) is 6.83. The zero-order valence-electron chi connectivity index (χ0n) is 20.8. The summed E-state index contributed by atoms with van der Waals surface area (Å²) < 4.78 is 11.8. The molecule has 1 saturated carbocycles. The third kappa shape index (κ3) is 6.32. The van der Waals surface area contributed by atoms with Gasteiger partial charge in [-0.1, -0.05) is 25.8 Å². The lowest BCUT2D eigenvalue weighted by atomic mass is 9.85. The molecule has 34 heavy (non-hydrogen) atoms. The molecule has 0 radical (unpaired) electrons. The van der Waals surface area contributed by atoms with Gasteiger partial charge in [-0.2, -0.15) is 0 Å². The Morgan fingerprint density at radius 2 is 1.82 bits per heavy atom. The fourth-order valence-electron chi connectivity index (χ4n) is 4.71. The molecule has 0 unspecified atom stereocenters. The van der Waals surface area contributed by atoms with Gasteiger partial charge in [0.25, 0.3) is 11.7 Å². The summed E-state index contributed by atoms with van der Waals surface area (Å²) in [5, 5.41) is 2.87. The molecule has 1 amide bonds. The number of amides is 1. The van der Waals surface area contributed by atoms with E-state index in [4.69, 9.17) is 20.9 Å². The highest BCUT2D eigenvalue weighted by Gasteiger charge is 2.28. The number of likely N-dealkylation sites (tertiary alicyclic amines) is 1. The van der Waals surface area contributed by atoms with Gasteiger partial charge < -0.3 is 25.4 Å². The van der Waals surface area contributed by atoms with Crippen molar-refractivity contribution in [2.24, 2.45) is 17.4 Å². The number of hydrogen-bond acceptors (Lipinski definition) is 5. The van der Waals surface area contributed by atoms with Crippen molar-refractivity contribution in [3.63, 3.8) is 0 Å². The molecule has 8 heteroatoms. The molecule has 0 spiro atoms. The second-order valence-electron chi connectivity index (χ2n) is 9.24. The molecule has 1 saturated heterocycles. The largest absolute Gasteiger partial charge is 0.496 e. The summed E-state index contributed by atoms with van der Waals surface area (Å²) in [6.45, 7) is 6.12. The lowest BCUT2D eigenvalue weighted by molar-refractivity contribution is -0.420. The van der Waals surface area contributed by atoms with Gasteiger partial charge in [-0.15, -0.1) is 0 Å². The van der Waals surface area contributed by atoms with Gasteiger partial charge in [-0.25, -0.2) is 0 Å². The summed E-state index contributed by atoms with van der Waals surface area (Å²) in [7, 11) is 5.39. The summed E-state index contributed by atoms with van der Waals surface area (Å²) in [5.74, 6) is 1.34. The number of hydrogen-bond donors (Lipinski definition) is 4. The number of nitrogens with zero attached hydrogens (tertiary/aromatic N) is 1. The molecule has 1 aromatic rings. The van der Waals surface area contributed by atoms with Crippen LogP contribution in [0.15, 0.2) is 36.0 Å². The van der Waals surface area contributed by atoms with Crippen LogP contribution >= 0.6 is 0 Å². The van der Waals surface area contributed by atoms with Crippen LogP contribution in [0.4, 0.5) is 0 Å². The van der Waals surface area contributed by atoms with E-state index in [1.54, 1.807) is 14.2 Å². The summed E-state index contributed by atoms with van der Waals surface area (Å²) in [4.78, 5) is 18.4. The Bertz CT molecular complexity index is 942. The van der Waals surface area contributed by atoms with Crippen molar-refractivity contribution in [2.75, 3.05) is 34.3 Å². The fraction of sp³-hybridized carbons (Fsp3) is 0.538. The maximum Gasteiger partial charge on any atom is 0.280 e. The minimum absolute atomic E-state index is 0.153. The first kappa shape index (κ1) is 25.6. The SMILES string of the molecule is C=C(NC(=O)C(C(N)=[NH+]C)=C(N)C1CCCCC1)c1ccc(OC2CCN(C)CC2)cc1OC. The quantitative estimate of drug-likeness (QED) is 0.257. The Morgan fingerprint density at radius 3 is 2.44 bits per heavy atom. The molecule has 0 atom stereocenters. The Kier molecular flexibility index (Phi) is 8.98. The van der Waals surface area contributed by atoms with Crippen LogP contribution < -0.4 is 31.3 Å². The highest BCUT2D eigenvalue weighted by molar-refractivity contribution is 6.20. The predicted octanol–water partition coefficient (Wildman–Crippen LogP) is 1.12. The van der Waals surface area contributed by atoms with E-state index >= 15 is 0 Å². The van der Waals surface area contributed by atoms with Crippen LogP contribution in [-0.2, 0) is 4.79 Å². The van der Waals surface area contributed by atoms with Gasteiger partial charge in [0.05, 0.1) is 14.2 Å². The van der Waals surface area contributed by atoms with Gasteiger partial charge in [-0.3, -0.25) is 15.5 Å². The van der Waals surface area contributed by atoms with E-state index in [0.29, 0.717) is 22.7 Å². The Labute approximate surface area is 203 Å². The molecule has 2 aliphatic rings. The van der Waals surface area contributed by atoms with E-state index < -0.39 is 0 Å². The van der Waals surface area contributed by atoms with Crippen LogP contribution in [-0.4, -0.2) is 57.0 Å². The maximum absolute atomic E-state index is 13.2. The van der Waals surface area contributed by atoms with Crippen LogP contribution in [0.2, 0.25) is 0 Å². The maximum atomic E-state index is 13.2. The van der Waals surface area contributed by atoms with Crippen molar-refractivity contribution >= 4 is 17.4 Å². The molecule has 6 N–H and O–H groups in total. The van der Waals surface area contributed by atoms with E-state index in [9.17, 15) is 4.79 Å². The molecule has 1 aliphatic carbocycles. The molecular weight excluding hydrogens is 430 g/mol. The lowest BCUT2D eigenvalue weighted by Crippen LogP contribution is -2.72. The van der Waals surface area contributed by atoms with Gasteiger partial charge >= 0.3 is 0 Å². The third-order valence-electron chi connectivity index (χ3n) is 6.83. The summed E-state index contributed by atoms with van der Waals surface area (Å²) in [6.07, 6.45) is 7.51. The average molecular weight is 471 g/mol. The van der Waals surface area contributed by atoms with Crippen molar-refractivity contribution in [3.8, 4) is 11.5 Å². The van der Waals surface area contributed by atoms with E-state index in [1.165, 1.54) is 6.42 Å². The predicted molar refractivity (Wildman–Crippen MR) is 135 cm³/mol. The molecule has 0 bridgehead atoms. The minimum atomic E-state index is -0.381. The van der Waals surface area contributed by atoms with Crippen LogP contribution in [0.25, 0.3) is 5.70 Å². The van der Waals surface area contributed by atoms with Crippen molar-refractivity contribution in [1.29, 1.82) is 0 Å². The van der Waals surface area contributed by atoms with E-state index in [2.05, 4.69) is 28.8 Å². The van der Waals surface area contributed by atoms with Gasteiger partial charge in [0.15, 0.2) is 0 Å². The number of piperidine rings is 1. The topological polar surface area (TPSA) is 117 Å². The van der Waals surface area contributed by atoms with Crippen molar-refractivity contribution in [3.05, 3.63) is 41.6 Å². The second kappa shape index (κ2) is 11.9. The zero-order valence-corrected chi connectivity index (χ0v) is 20.8. The molecular formula is C26H40N5O3+.